The Balaban J connectivity index is 2.48. The number of amides is 1. The van der Waals surface area contributed by atoms with Gasteiger partial charge in [0.05, 0.1) is 11.4 Å². The molecule has 1 aromatic carbocycles. The van der Waals surface area contributed by atoms with Crippen molar-refractivity contribution in [3.63, 3.8) is 0 Å². The van der Waals surface area contributed by atoms with Gasteiger partial charge in [-0.05, 0) is 12.5 Å². The molecule has 1 rings (SSSR count). The molecule has 0 saturated carbocycles. The molecule has 0 heterocycles. The van der Waals surface area contributed by atoms with Crippen LogP contribution in [-0.2, 0) is 11.2 Å². The van der Waals surface area contributed by atoms with Gasteiger partial charge in [-0.15, -0.1) is 0 Å². The number of thiocarbonyl (C=S) groups is 1. The number of hydrogen-bond acceptors (Lipinski definition) is 2. The highest BCUT2D eigenvalue weighted by Gasteiger charge is 2.21. The normalized spacial score (nSPS) is 11.1. The first-order chi connectivity index (χ1) is 8.31. The Morgan fingerprint density at radius 1 is 1.33 bits per heavy atom. The van der Waals surface area contributed by atoms with E-state index in [1.807, 2.05) is 45.0 Å². The van der Waals surface area contributed by atoms with E-state index in [0.717, 1.165) is 5.56 Å². The third-order valence-electron chi connectivity index (χ3n) is 2.88. The summed E-state index contributed by atoms with van der Waals surface area (Å²) in [5.74, 6) is -0.0109. The van der Waals surface area contributed by atoms with E-state index in [1.165, 1.54) is 5.56 Å². The van der Waals surface area contributed by atoms with Gasteiger partial charge < -0.3 is 11.1 Å². The zero-order valence-corrected chi connectivity index (χ0v) is 11.9. The van der Waals surface area contributed by atoms with Crippen LogP contribution in [0.3, 0.4) is 0 Å². The summed E-state index contributed by atoms with van der Waals surface area (Å²) in [7, 11) is 0. The van der Waals surface area contributed by atoms with E-state index in [-0.39, 0.29) is 11.3 Å². The Kier molecular flexibility index (Phi) is 4.84. The van der Waals surface area contributed by atoms with E-state index in [2.05, 4.69) is 5.32 Å². The van der Waals surface area contributed by atoms with Crippen LogP contribution in [0.2, 0.25) is 0 Å². The first-order valence-electron chi connectivity index (χ1n) is 5.93. The largest absolute Gasteiger partial charge is 0.393 e. The van der Waals surface area contributed by atoms with Crippen LogP contribution in [0.1, 0.15) is 25.0 Å². The molecule has 0 unspecified atom stereocenters. The quantitative estimate of drug-likeness (QED) is 0.799. The van der Waals surface area contributed by atoms with Crippen molar-refractivity contribution in [1.82, 2.24) is 5.32 Å². The Labute approximate surface area is 114 Å². The second-order valence-corrected chi connectivity index (χ2v) is 5.63. The number of aryl methyl sites for hydroxylation is 1. The fraction of sp³-hybridized carbons (Fsp3) is 0.429. The molecule has 98 valence electrons. The van der Waals surface area contributed by atoms with Crippen molar-refractivity contribution >= 4 is 23.1 Å². The van der Waals surface area contributed by atoms with Gasteiger partial charge in [-0.25, -0.2) is 0 Å². The molecule has 1 amide bonds. The number of hydrogen-bond donors (Lipinski definition) is 2. The van der Waals surface area contributed by atoms with E-state index in [0.29, 0.717) is 18.0 Å². The lowest BCUT2D eigenvalue weighted by atomic mass is 9.93. The van der Waals surface area contributed by atoms with E-state index >= 15 is 0 Å². The minimum absolute atomic E-state index is 0.0109. The second-order valence-electron chi connectivity index (χ2n) is 5.19. The molecule has 0 aromatic heterocycles. The Morgan fingerprint density at radius 3 is 2.39 bits per heavy atom. The van der Waals surface area contributed by atoms with Crippen molar-refractivity contribution in [2.24, 2.45) is 11.1 Å². The van der Waals surface area contributed by atoms with Crippen LogP contribution in [0, 0.1) is 12.3 Å². The van der Waals surface area contributed by atoms with Gasteiger partial charge in [-0.2, -0.15) is 0 Å². The van der Waals surface area contributed by atoms with E-state index in [9.17, 15) is 4.79 Å². The number of nitrogens with one attached hydrogen (secondary N) is 1. The number of carbonyl (C=O) groups excluding carboxylic acids is 1. The second kappa shape index (κ2) is 5.96. The molecule has 0 aliphatic carbocycles. The van der Waals surface area contributed by atoms with Gasteiger partial charge in [-0.3, -0.25) is 4.79 Å². The van der Waals surface area contributed by atoms with Crippen LogP contribution in [0.15, 0.2) is 24.3 Å². The lowest BCUT2D eigenvalue weighted by Gasteiger charge is -2.23. The number of rotatable bonds is 5. The van der Waals surface area contributed by atoms with E-state index in [4.69, 9.17) is 18.0 Å². The summed E-state index contributed by atoms with van der Waals surface area (Å²) >= 11 is 4.95. The molecule has 0 saturated heterocycles. The van der Waals surface area contributed by atoms with Crippen molar-refractivity contribution in [3.05, 3.63) is 35.4 Å². The van der Waals surface area contributed by atoms with Crippen molar-refractivity contribution in [1.29, 1.82) is 0 Å². The SMILES string of the molecule is Cc1ccc(CC(=O)NCC(C)(C)C(N)=S)cc1. The summed E-state index contributed by atoms with van der Waals surface area (Å²) in [6.07, 6.45) is 0.383. The summed E-state index contributed by atoms with van der Waals surface area (Å²) < 4.78 is 0. The van der Waals surface area contributed by atoms with Gasteiger partial charge in [0.1, 0.15) is 0 Å². The van der Waals surface area contributed by atoms with Gasteiger partial charge in [0.25, 0.3) is 0 Å². The summed E-state index contributed by atoms with van der Waals surface area (Å²) in [5, 5.41) is 2.86. The van der Waals surface area contributed by atoms with Gasteiger partial charge in [0, 0.05) is 12.0 Å². The van der Waals surface area contributed by atoms with Gasteiger partial charge >= 0.3 is 0 Å². The van der Waals surface area contributed by atoms with Crippen LogP contribution in [0.25, 0.3) is 0 Å². The maximum absolute atomic E-state index is 11.8. The van der Waals surface area contributed by atoms with Crippen molar-refractivity contribution < 1.29 is 4.79 Å². The van der Waals surface area contributed by atoms with Crippen molar-refractivity contribution in [2.45, 2.75) is 27.2 Å². The van der Waals surface area contributed by atoms with Crippen LogP contribution in [-0.4, -0.2) is 17.4 Å². The van der Waals surface area contributed by atoms with E-state index in [1.54, 1.807) is 0 Å². The minimum Gasteiger partial charge on any atom is -0.393 e. The molecule has 4 heteroatoms. The third-order valence-corrected chi connectivity index (χ3v) is 3.43. The highest BCUT2D eigenvalue weighted by atomic mass is 32.1. The smallest absolute Gasteiger partial charge is 0.224 e. The molecule has 0 bridgehead atoms. The molecule has 0 spiro atoms. The molecule has 0 aliphatic heterocycles. The lowest BCUT2D eigenvalue weighted by molar-refractivity contribution is -0.120. The molecule has 18 heavy (non-hydrogen) atoms. The molecule has 1 aromatic rings. The predicted octanol–water partition coefficient (Wildman–Crippen LogP) is 1.97. The molecule has 0 radical (unpaired) electrons. The zero-order valence-electron chi connectivity index (χ0n) is 11.1. The topological polar surface area (TPSA) is 55.1 Å². The highest BCUT2D eigenvalue weighted by molar-refractivity contribution is 7.80. The zero-order chi connectivity index (χ0) is 13.8. The van der Waals surface area contributed by atoms with Crippen LogP contribution < -0.4 is 11.1 Å². The molecular weight excluding hydrogens is 244 g/mol. The number of nitrogens with two attached hydrogens (primary N) is 1. The molecule has 0 fully saturated rings. The number of carbonyl (C=O) groups is 1. The highest BCUT2D eigenvalue weighted by Crippen LogP contribution is 2.13. The number of benzene rings is 1. The predicted molar refractivity (Wildman–Crippen MR) is 78.5 cm³/mol. The fourth-order valence-corrected chi connectivity index (χ4v) is 1.43. The first kappa shape index (κ1) is 14.6. The standard InChI is InChI=1S/C14H20N2OS/c1-10-4-6-11(7-5-10)8-12(17)16-9-14(2,3)13(15)18/h4-7H,8-9H2,1-3H3,(H2,15,18)(H,16,17). The monoisotopic (exact) mass is 264 g/mol. The van der Waals surface area contributed by atoms with Gasteiger partial charge in [-0.1, -0.05) is 55.9 Å². The molecule has 0 atom stereocenters. The maximum Gasteiger partial charge on any atom is 0.224 e. The maximum atomic E-state index is 11.8. The first-order valence-corrected chi connectivity index (χ1v) is 6.34. The molecule has 3 nitrogen and oxygen atoms in total. The Bertz CT molecular complexity index is 438. The third kappa shape index (κ3) is 4.45. The van der Waals surface area contributed by atoms with Crippen molar-refractivity contribution in [2.75, 3.05) is 6.54 Å². The fourth-order valence-electron chi connectivity index (χ4n) is 1.36. The van der Waals surface area contributed by atoms with Gasteiger partial charge in [0.2, 0.25) is 5.91 Å². The average molecular weight is 264 g/mol. The summed E-state index contributed by atoms with van der Waals surface area (Å²) in [5.41, 5.74) is 7.45. The Morgan fingerprint density at radius 2 is 1.89 bits per heavy atom. The Hall–Kier alpha value is -1.42. The summed E-state index contributed by atoms with van der Waals surface area (Å²) in [6, 6.07) is 7.93. The summed E-state index contributed by atoms with van der Waals surface area (Å²) in [4.78, 5) is 12.2. The van der Waals surface area contributed by atoms with Crippen molar-refractivity contribution in [3.8, 4) is 0 Å². The van der Waals surface area contributed by atoms with Gasteiger partial charge in [0.15, 0.2) is 0 Å². The molecule has 3 N–H and O–H groups in total. The molecular formula is C14H20N2OS. The van der Waals surface area contributed by atoms with E-state index < -0.39 is 0 Å². The summed E-state index contributed by atoms with van der Waals surface area (Å²) in [6.45, 7) is 6.32. The minimum atomic E-state index is -0.349. The van der Waals surface area contributed by atoms with Crippen LogP contribution >= 0.6 is 12.2 Å². The van der Waals surface area contributed by atoms with Crippen LogP contribution in [0.4, 0.5) is 0 Å². The molecule has 0 aliphatic rings. The van der Waals surface area contributed by atoms with Crippen LogP contribution in [0.5, 0.6) is 0 Å². The lowest BCUT2D eigenvalue weighted by Crippen LogP contribution is -2.41. The average Bonchev–Trinajstić information content (AvgIpc) is 2.29.